The number of hydrogen-bond acceptors (Lipinski definition) is 6. The van der Waals surface area contributed by atoms with E-state index in [0.717, 1.165) is 12.1 Å². The molecular weight excluding hydrogens is 453 g/mol. The third-order valence-electron chi connectivity index (χ3n) is 6.16. The maximum absolute atomic E-state index is 12.7. The van der Waals surface area contributed by atoms with Crippen molar-refractivity contribution in [2.45, 2.75) is 24.6 Å². The van der Waals surface area contributed by atoms with Gasteiger partial charge in [-0.2, -0.15) is 22.8 Å². The zero-order chi connectivity index (χ0) is 23.9. The lowest BCUT2D eigenvalue weighted by Crippen LogP contribution is -2.53. The molecule has 2 aromatic heterocycles. The Hall–Kier alpha value is -3.90. The molecule has 3 aromatic rings. The number of nitrogens with zero attached hydrogens (tertiary/aromatic N) is 6. The molecule has 10 nitrogen and oxygen atoms in total. The van der Waals surface area contributed by atoms with Crippen LogP contribution in [0.1, 0.15) is 18.4 Å². The average molecular weight is 474 g/mol. The first kappa shape index (κ1) is 21.9. The number of halogens is 3. The highest BCUT2D eigenvalue weighted by Gasteiger charge is 2.45. The number of alkyl halides is 3. The Morgan fingerprint density at radius 1 is 1.12 bits per heavy atom. The number of benzene rings is 1. The van der Waals surface area contributed by atoms with Crippen LogP contribution in [0.3, 0.4) is 0 Å². The number of amides is 3. The minimum atomic E-state index is -4.45. The largest absolute Gasteiger partial charge is 0.416 e. The molecule has 0 aliphatic carbocycles. The lowest BCUT2D eigenvalue weighted by Gasteiger charge is -2.38. The second-order valence-electron chi connectivity index (χ2n) is 8.45. The minimum Gasteiger partial charge on any atom is -0.341 e. The quantitative estimate of drug-likeness (QED) is 0.600. The SMILES string of the molecule is O=C(CN1CC2(CCN(c3nccc4ncnn34)CC2)NC1=O)Nc1ccc(C(F)(F)F)cc1. The third-order valence-corrected chi connectivity index (χ3v) is 6.16. The number of urea groups is 1. The van der Waals surface area contributed by atoms with Gasteiger partial charge in [0.25, 0.3) is 0 Å². The van der Waals surface area contributed by atoms with Gasteiger partial charge in [0, 0.05) is 37.6 Å². The Morgan fingerprint density at radius 2 is 1.85 bits per heavy atom. The summed E-state index contributed by atoms with van der Waals surface area (Å²) in [7, 11) is 0. The topological polar surface area (TPSA) is 108 Å². The smallest absolute Gasteiger partial charge is 0.341 e. The average Bonchev–Trinajstić information content (AvgIpc) is 3.39. The summed E-state index contributed by atoms with van der Waals surface area (Å²) in [6.45, 7) is 1.44. The molecule has 2 saturated heterocycles. The highest BCUT2D eigenvalue weighted by Crippen LogP contribution is 2.31. The summed E-state index contributed by atoms with van der Waals surface area (Å²) in [5.74, 6) is 0.202. The predicted molar refractivity (Wildman–Crippen MR) is 115 cm³/mol. The van der Waals surface area contributed by atoms with Crippen LogP contribution in [-0.2, 0) is 11.0 Å². The van der Waals surface area contributed by atoms with Crippen LogP contribution in [-0.4, -0.2) is 68.1 Å². The van der Waals surface area contributed by atoms with Crippen molar-refractivity contribution in [1.82, 2.24) is 29.8 Å². The van der Waals surface area contributed by atoms with E-state index in [-0.39, 0.29) is 18.3 Å². The molecule has 2 aliphatic heterocycles. The van der Waals surface area contributed by atoms with Crippen molar-refractivity contribution in [1.29, 1.82) is 0 Å². The van der Waals surface area contributed by atoms with Gasteiger partial charge in [0.15, 0.2) is 5.65 Å². The van der Waals surface area contributed by atoms with Crippen LogP contribution >= 0.6 is 0 Å². The number of hydrogen-bond donors (Lipinski definition) is 2. The molecule has 0 radical (unpaired) electrons. The zero-order valence-corrected chi connectivity index (χ0v) is 17.9. The van der Waals surface area contributed by atoms with E-state index in [4.69, 9.17) is 0 Å². The Bertz CT molecular complexity index is 1220. The van der Waals surface area contributed by atoms with E-state index in [9.17, 15) is 22.8 Å². The molecule has 2 N–H and O–H groups in total. The normalized spacial score (nSPS) is 17.9. The van der Waals surface area contributed by atoms with Gasteiger partial charge in [-0.25, -0.2) is 14.8 Å². The lowest BCUT2D eigenvalue weighted by molar-refractivity contribution is -0.137. The van der Waals surface area contributed by atoms with Crippen molar-refractivity contribution in [3.63, 3.8) is 0 Å². The summed E-state index contributed by atoms with van der Waals surface area (Å²) in [6.07, 6.45) is 0.0117. The fourth-order valence-corrected chi connectivity index (χ4v) is 4.40. The number of rotatable bonds is 4. The molecule has 0 atom stereocenters. The van der Waals surface area contributed by atoms with E-state index in [1.807, 2.05) is 0 Å². The van der Waals surface area contributed by atoms with E-state index < -0.39 is 23.2 Å². The van der Waals surface area contributed by atoms with Gasteiger partial charge in [-0.3, -0.25) is 4.79 Å². The molecular formula is C21H21F3N8O2. The molecule has 1 aromatic carbocycles. The maximum atomic E-state index is 12.7. The van der Waals surface area contributed by atoms with Crippen LogP contribution in [0.5, 0.6) is 0 Å². The Kier molecular flexibility index (Phi) is 5.25. The molecule has 2 aliphatic rings. The van der Waals surface area contributed by atoms with E-state index in [2.05, 4.69) is 30.6 Å². The predicted octanol–water partition coefficient (Wildman–Crippen LogP) is 2.15. The van der Waals surface area contributed by atoms with Crippen LogP contribution in [0.2, 0.25) is 0 Å². The number of aromatic nitrogens is 4. The van der Waals surface area contributed by atoms with Crippen LogP contribution in [0, 0.1) is 0 Å². The molecule has 4 heterocycles. The molecule has 0 saturated carbocycles. The second-order valence-corrected chi connectivity index (χ2v) is 8.45. The van der Waals surface area contributed by atoms with Crippen molar-refractivity contribution in [3.05, 3.63) is 48.4 Å². The van der Waals surface area contributed by atoms with Crippen molar-refractivity contribution < 1.29 is 22.8 Å². The Labute approximate surface area is 191 Å². The van der Waals surface area contributed by atoms with Crippen LogP contribution < -0.4 is 15.5 Å². The van der Waals surface area contributed by atoms with Gasteiger partial charge in [0.2, 0.25) is 11.9 Å². The molecule has 3 amide bonds. The number of fused-ring (bicyclic) bond motifs is 1. The van der Waals surface area contributed by atoms with Crippen LogP contribution in [0.25, 0.3) is 5.65 Å². The van der Waals surface area contributed by atoms with E-state index in [1.54, 1.807) is 16.8 Å². The molecule has 2 fully saturated rings. The molecule has 13 heteroatoms. The fraction of sp³-hybridized carbons (Fsp3) is 0.381. The molecule has 5 rings (SSSR count). The van der Waals surface area contributed by atoms with Gasteiger partial charge in [0.1, 0.15) is 12.9 Å². The standard InChI is InChI=1S/C21H21F3N8O2/c22-21(23,24)14-1-3-15(4-2-14)28-17(33)11-31-12-20(29-19(31)34)6-9-30(10-7-20)18-25-8-5-16-26-13-27-32(16)18/h1-5,8,13H,6-7,9-12H2,(H,28,33)(H,29,34). The van der Waals surface area contributed by atoms with Crippen molar-refractivity contribution >= 4 is 29.2 Å². The van der Waals surface area contributed by atoms with Gasteiger partial charge >= 0.3 is 12.2 Å². The minimum absolute atomic E-state index is 0.196. The van der Waals surface area contributed by atoms with E-state index in [0.29, 0.717) is 44.1 Å². The molecule has 178 valence electrons. The number of carbonyl (C=O) groups is 2. The number of carbonyl (C=O) groups excluding carboxylic acids is 2. The van der Waals surface area contributed by atoms with Gasteiger partial charge in [-0.1, -0.05) is 0 Å². The zero-order valence-electron chi connectivity index (χ0n) is 17.9. The summed E-state index contributed by atoms with van der Waals surface area (Å²) >= 11 is 0. The highest BCUT2D eigenvalue weighted by molar-refractivity contribution is 5.94. The van der Waals surface area contributed by atoms with Crippen molar-refractivity contribution in [2.24, 2.45) is 0 Å². The first-order valence-corrected chi connectivity index (χ1v) is 10.7. The highest BCUT2D eigenvalue weighted by atomic mass is 19.4. The van der Waals surface area contributed by atoms with Crippen molar-refractivity contribution in [2.75, 3.05) is 36.4 Å². The number of nitrogens with one attached hydrogen (secondary N) is 2. The van der Waals surface area contributed by atoms with Crippen LogP contribution in [0.4, 0.5) is 29.6 Å². The van der Waals surface area contributed by atoms with Gasteiger partial charge in [-0.05, 0) is 37.1 Å². The van der Waals surface area contributed by atoms with Gasteiger partial charge < -0.3 is 20.4 Å². The third kappa shape index (κ3) is 4.20. The van der Waals surface area contributed by atoms with Crippen molar-refractivity contribution in [3.8, 4) is 0 Å². The molecule has 0 bridgehead atoms. The lowest BCUT2D eigenvalue weighted by atomic mass is 9.88. The Morgan fingerprint density at radius 3 is 2.56 bits per heavy atom. The van der Waals surface area contributed by atoms with Crippen LogP contribution in [0.15, 0.2) is 42.9 Å². The first-order valence-electron chi connectivity index (χ1n) is 10.7. The Balaban J connectivity index is 1.18. The monoisotopic (exact) mass is 474 g/mol. The number of anilines is 2. The molecule has 1 spiro atoms. The first-order chi connectivity index (χ1) is 16.2. The summed E-state index contributed by atoms with van der Waals surface area (Å²) in [5, 5.41) is 9.77. The second kappa shape index (κ2) is 8.15. The summed E-state index contributed by atoms with van der Waals surface area (Å²) in [5.41, 5.74) is -0.327. The summed E-state index contributed by atoms with van der Waals surface area (Å²) in [4.78, 5) is 37.1. The van der Waals surface area contributed by atoms with E-state index in [1.165, 1.54) is 23.4 Å². The number of piperidine rings is 1. The molecule has 0 unspecified atom stereocenters. The summed E-state index contributed by atoms with van der Waals surface area (Å²) in [6, 6.07) is 5.60. The summed E-state index contributed by atoms with van der Waals surface area (Å²) < 4.78 is 39.7. The maximum Gasteiger partial charge on any atom is 0.416 e. The van der Waals surface area contributed by atoms with E-state index >= 15 is 0 Å². The molecule has 34 heavy (non-hydrogen) atoms. The van der Waals surface area contributed by atoms with Gasteiger partial charge in [0.05, 0.1) is 11.1 Å². The fourth-order valence-electron chi connectivity index (χ4n) is 4.40. The van der Waals surface area contributed by atoms with Gasteiger partial charge in [-0.15, -0.1) is 0 Å².